The van der Waals surface area contributed by atoms with E-state index in [2.05, 4.69) is 26.6 Å². The summed E-state index contributed by atoms with van der Waals surface area (Å²) in [6.07, 6.45) is 2.12. The summed E-state index contributed by atoms with van der Waals surface area (Å²) in [5.41, 5.74) is 0.519. The summed E-state index contributed by atoms with van der Waals surface area (Å²) >= 11 is 3.34. The van der Waals surface area contributed by atoms with Gasteiger partial charge in [-0.3, -0.25) is 9.59 Å². The molecule has 2 amide bonds. The van der Waals surface area contributed by atoms with Gasteiger partial charge in [-0.05, 0) is 48.7 Å². The maximum atomic E-state index is 12.4. The quantitative estimate of drug-likeness (QED) is 0.757. The predicted octanol–water partition coefficient (Wildman–Crippen LogP) is 3.50. The highest BCUT2D eigenvalue weighted by Crippen LogP contribution is 2.12. The lowest BCUT2D eigenvalue weighted by atomic mass is 10.0. The van der Waals surface area contributed by atoms with E-state index in [0.717, 1.165) is 4.47 Å². The normalized spacial score (nSPS) is 12.0. The van der Waals surface area contributed by atoms with Crippen LogP contribution in [0.2, 0.25) is 0 Å². The third kappa shape index (κ3) is 5.53. The zero-order valence-electron chi connectivity index (χ0n) is 13.7. The Labute approximate surface area is 149 Å². The molecule has 0 saturated carbocycles. The Morgan fingerprint density at radius 3 is 2.46 bits per heavy atom. The lowest BCUT2D eigenvalue weighted by Crippen LogP contribution is -2.47. The molecule has 0 aliphatic carbocycles. The van der Waals surface area contributed by atoms with E-state index in [1.165, 1.54) is 0 Å². The van der Waals surface area contributed by atoms with Crippen LogP contribution in [0.15, 0.2) is 51.6 Å². The standard InChI is InChI=1S/C18H21BrN2O3/c1-12(2)10-16(18(23)20-11-15-4-3-9-24-15)21-17(22)13-5-7-14(19)8-6-13/h3-9,12,16H,10-11H2,1-2H3,(H,20,23)(H,21,22)/t16-/m0/s1. The molecular weight excluding hydrogens is 372 g/mol. The fourth-order valence-electron chi connectivity index (χ4n) is 2.26. The Hall–Kier alpha value is -2.08. The van der Waals surface area contributed by atoms with Crippen molar-refractivity contribution in [3.05, 3.63) is 58.5 Å². The average molecular weight is 393 g/mol. The molecule has 1 atom stereocenters. The maximum Gasteiger partial charge on any atom is 0.251 e. The summed E-state index contributed by atoms with van der Waals surface area (Å²) in [4.78, 5) is 24.8. The first-order valence-corrected chi connectivity index (χ1v) is 8.61. The van der Waals surface area contributed by atoms with Crippen molar-refractivity contribution >= 4 is 27.7 Å². The van der Waals surface area contributed by atoms with Gasteiger partial charge < -0.3 is 15.1 Å². The van der Waals surface area contributed by atoms with E-state index in [1.807, 2.05) is 13.8 Å². The molecular formula is C18H21BrN2O3. The number of nitrogens with one attached hydrogen (secondary N) is 2. The SMILES string of the molecule is CC(C)C[C@H](NC(=O)c1ccc(Br)cc1)C(=O)NCc1ccco1. The van der Waals surface area contributed by atoms with Crippen molar-refractivity contribution in [2.24, 2.45) is 5.92 Å². The van der Waals surface area contributed by atoms with Crippen LogP contribution in [0.1, 0.15) is 36.4 Å². The molecule has 0 aliphatic rings. The second-order valence-electron chi connectivity index (χ2n) is 5.96. The average Bonchev–Trinajstić information content (AvgIpc) is 3.05. The monoisotopic (exact) mass is 392 g/mol. The number of hydrogen-bond donors (Lipinski definition) is 2. The molecule has 24 heavy (non-hydrogen) atoms. The highest BCUT2D eigenvalue weighted by Gasteiger charge is 2.22. The highest BCUT2D eigenvalue weighted by molar-refractivity contribution is 9.10. The molecule has 5 nitrogen and oxygen atoms in total. The summed E-state index contributed by atoms with van der Waals surface area (Å²) in [6, 6.07) is 9.99. The molecule has 2 rings (SSSR count). The number of carbonyl (C=O) groups is 2. The fraction of sp³-hybridized carbons (Fsp3) is 0.333. The molecule has 1 aromatic heterocycles. The van der Waals surface area contributed by atoms with Crippen LogP contribution >= 0.6 is 15.9 Å². The number of halogens is 1. The molecule has 1 heterocycles. The molecule has 0 saturated heterocycles. The summed E-state index contributed by atoms with van der Waals surface area (Å²) in [5, 5.41) is 5.62. The summed E-state index contributed by atoms with van der Waals surface area (Å²) in [5.74, 6) is 0.465. The van der Waals surface area contributed by atoms with Crippen molar-refractivity contribution in [1.82, 2.24) is 10.6 Å². The molecule has 0 radical (unpaired) electrons. The van der Waals surface area contributed by atoms with Gasteiger partial charge in [0.25, 0.3) is 5.91 Å². The molecule has 0 aliphatic heterocycles. The Bertz CT molecular complexity index is 666. The van der Waals surface area contributed by atoms with E-state index in [-0.39, 0.29) is 17.7 Å². The molecule has 0 fully saturated rings. The highest BCUT2D eigenvalue weighted by atomic mass is 79.9. The van der Waals surface area contributed by atoms with Crippen LogP contribution in [0.25, 0.3) is 0 Å². The van der Waals surface area contributed by atoms with E-state index in [1.54, 1.807) is 42.7 Å². The molecule has 2 N–H and O–H groups in total. The van der Waals surface area contributed by atoms with Gasteiger partial charge in [-0.2, -0.15) is 0 Å². The van der Waals surface area contributed by atoms with Crippen LogP contribution in [0.5, 0.6) is 0 Å². The van der Waals surface area contributed by atoms with Gasteiger partial charge in [0.1, 0.15) is 11.8 Å². The smallest absolute Gasteiger partial charge is 0.251 e. The third-order valence-electron chi connectivity index (χ3n) is 3.45. The van der Waals surface area contributed by atoms with Crippen LogP contribution in [0.4, 0.5) is 0 Å². The molecule has 1 aromatic carbocycles. The molecule has 0 bridgehead atoms. The summed E-state index contributed by atoms with van der Waals surface area (Å²) < 4.78 is 6.10. The molecule has 2 aromatic rings. The lowest BCUT2D eigenvalue weighted by molar-refractivity contribution is -0.123. The van der Waals surface area contributed by atoms with Gasteiger partial charge >= 0.3 is 0 Å². The van der Waals surface area contributed by atoms with E-state index >= 15 is 0 Å². The van der Waals surface area contributed by atoms with Crippen molar-refractivity contribution < 1.29 is 14.0 Å². The van der Waals surface area contributed by atoms with Gasteiger partial charge in [0.2, 0.25) is 5.91 Å². The zero-order chi connectivity index (χ0) is 17.5. The van der Waals surface area contributed by atoms with Gasteiger partial charge in [-0.25, -0.2) is 0 Å². The zero-order valence-corrected chi connectivity index (χ0v) is 15.3. The van der Waals surface area contributed by atoms with Crippen molar-refractivity contribution in [3.63, 3.8) is 0 Å². The van der Waals surface area contributed by atoms with Crippen LogP contribution in [-0.2, 0) is 11.3 Å². The number of furan rings is 1. The minimum absolute atomic E-state index is 0.217. The Balaban J connectivity index is 1.99. The number of hydrogen-bond acceptors (Lipinski definition) is 3. The molecule has 6 heteroatoms. The van der Waals surface area contributed by atoms with E-state index < -0.39 is 6.04 Å². The van der Waals surface area contributed by atoms with Gasteiger partial charge in [0.05, 0.1) is 12.8 Å². The van der Waals surface area contributed by atoms with Crippen LogP contribution < -0.4 is 10.6 Å². The fourth-order valence-corrected chi connectivity index (χ4v) is 2.52. The molecule has 0 unspecified atom stereocenters. The van der Waals surface area contributed by atoms with Crippen molar-refractivity contribution in [3.8, 4) is 0 Å². The van der Waals surface area contributed by atoms with Crippen LogP contribution in [0.3, 0.4) is 0 Å². The minimum atomic E-state index is -0.587. The van der Waals surface area contributed by atoms with E-state index in [0.29, 0.717) is 24.3 Å². The number of amides is 2. The maximum absolute atomic E-state index is 12.4. The first-order chi connectivity index (χ1) is 11.5. The van der Waals surface area contributed by atoms with Crippen LogP contribution in [-0.4, -0.2) is 17.9 Å². The van der Waals surface area contributed by atoms with Gasteiger partial charge in [0.15, 0.2) is 0 Å². The van der Waals surface area contributed by atoms with Crippen molar-refractivity contribution in [1.29, 1.82) is 0 Å². The number of benzene rings is 1. The van der Waals surface area contributed by atoms with E-state index in [9.17, 15) is 9.59 Å². The summed E-state index contributed by atoms with van der Waals surface area (Å²) in [7, 11) is 0. The topological polar surface area (TPSA) is 71.3 Å². The summed E-state index contributed by atoms with van der Waals surface area (Å²) in [6.45, 7) is 4.33. The molecule has 0 spiro atoms. The Morgan fingerprint density at radius 1 is 1.17 bits per heavy atom. The van der Waals surface area contributed by atoms with Gasteiger partial charge in [0, 0.05) is 10.0 Å². The number of carbonyl (C=O) groups excluding carboxylic acids is 2. The first kappa shape index (κ1) is 18.3. The van der Waals surface area contributed by atoms with Gasteiger partial charge in [-0.1, -0.05) is 29.8 Å². The van der Waals surface area contributed by atoms with Crippen molar-refractivity contribution in [2.75, 3.05) is 0 Å². The van der Waals surface area contributed by atoms with Crippen molar-refractivity contribution in [2.45, 2.75) is 32.9 Å². The third-order valence-corrected chi connectivity index (χ3v) is 3.98. The molecule has 128 valence electrons. The largest absolute Gasteiger partial charge is 0.467 e. The predicted molar refractivity (Wildman–Crippen MR) is 95.4 cm³/mol. The minimum Gasteiger partial charge on any atom is -0.467 e. The second kappa shape index (κ2) is 8.68. The Kier molecular flexibility index (Phi) is 6.61. The Morgan fingerprint density at radius 2 is 1.88 bits per heavy atom. The number of rotatable bonds is 7. The second-order valence-corrected chi connectivity index (χ2v) is 6.88. The first-order valence-electron chi connectivity index (χ1n) is 7.82. The van der Waals surface area contributed by atoms with Crippen LogP contribution in [0, 0.1) is 5.92 Å². The van der Waals surface area contributed by atoms with E-state index in [4.69, 9.17) is 4.42 Å². The lowest BCUT2D eigenvalue weighted by Gasteiger charge is -2.20. The van der Waals surface area contributed by atoms with Gasteiger partial charge in [-0.15, -0.1) is 0 Å².